The first-order chi connectivity index (χ1) is 10.6. The van der Waals surface area contributed by atoms with Gasteiger partial charge in [0.25, 0.3) is 0 Å². The van der Waals surface area contributed by atoms with E-state index in [-0.39, 0.29) is 0 Å². The van der Waals surface area contributed by atoms with Crippen LogP contribution in [0.5, 0.6) is 0 Å². The predicted molar refractivity (Wildman–Crippen MR) is 101 cm³/mol. The van der Waals surface area contributed by atoms with Gasteiger partial charge in [-0.2, -0.15) is 0 Å². The molecule has 0 fully saturated rings. The van der Waals surface area contributed by atoms with Crippen molar-refractivity contribution in [2.45, 2.75) is 53.0 Å². The van der Waals surface area contributed by atoms with Crippen LogP contribution in [-0.4, -0.2) is 18.6 Å². The quantitative estimate of drug-likeness (QED) is 0.372. The van der Waals surface area contributed by atoms with Gasteiger partial charge < -0.3 is 8.80 Å². The van der Waals surface area contributed by atoms with Crippen LogP contribution in [0.25, 0.3) is 0 Å². The number of halogens is 1. The highest BCUT2D eigenvalue weighted by Gasteiger charge is 2.14. The van der Waals surface area contributed by atoms with Crippen molar-refractivity contribution < 1.29 is 7.86 Å². The monoisotopic (exact) mass is 423 g/mol. The van der Waals surface area contributed by atoms with Gasteiger partial charge >= 0.3 is 5.97 Å². The summed E-state index contributed by atoms with van der Waals surface area (Å²) < 4.78 is 4.54. The number of hydrogen-bond donors (Lipinski definition) is 3. The third-order valence-electron chi connectivity index (χ3n) is 2.42. The minimum Gasteiger partial charge on any atom is -0.393 e. The third-order valence-corrected chi connectivity index (χ3v) is 2.85. The maximum atomic E-state index is 11.1. The van der Waals surface area contributed by atoms with E-state index < -0.39 is 12.0 Å². The Labute approximate surface area is 148 Å². The number of hydrogen-bond acceptors (Lipinski definition) is 5. The Bertz CT molecular complexity index is 372. The van der Waals surface area contributed by atoms with E-state index in [4.69, 9.17) is 11.6 Å². The maximum Gasteiger partial charge on any atom is 0.332 e. The molecule has 0 amide bonds. The van der Waals surface area contributed by atoms with Gasteiger partial charge in [-0.3, -0.25) is 11.3 Å². The Morgan fingerprint density at radius 3 is 2.09 bits per heavy atom. The van der Waals surface area contributed by atoms with Crippen LogP contribution < -0.4 is 17.0 Å². The van der Waals surface area contributed by atoms with E-state index in [9.17, 15) is 4.79 Å². The minimum absolute atomic E-state index is 0.401. The van der Waals surface area contributed by atoms with Crippen LogP contribution in [0.15, 0.2) is 24.3 Å². The van der Waals surface area contributed by atoms with Gasteiger partial charge in [-0.15, -0.1) is 0 Å². The summed E-state index contributed by atoms with van der Waals surface area (Å²) in [7, 11) is 0. The van der Waals surface area contributed by atoms with E-state index in [1.165, 1.54) is 12.0 Å². The second-order valence-electron chi connectivity index (χ2n) is 4.43. The molecule has 1 aromatic carbocycles. The molecule has 0 radical (unpaired) electrons. The molecule has 1 unspecified atom stereocenters. The fraction of sp³-hybridized carbons (Fsp3) is 0.562. The Kier molecular flexibility index (Phi) is 17.9. The second kappa shape index (κ2) is 16.7. The maximum absolute atomic E-state index is 11.1. The molecule has 0 aliphatic rings. The topological polar surface area (TPSA) is 90.4 Å². The molecule has 0 heterocycles. The van der Waals surface area contributed by atoms with Crippen molar-refractivity contribution in [2.24, 2.45) is 11.6 Å². The summed E-state index contributed by atoms with van der Waals surface area (Å²) >= 11 is 1.54. The van der Waals surface area contributed by atoms with Crippen LogP contribution >= 0.6 is 23.0 Å². The van der Waals surface area contributed by atoms with Crippen molar-refractivity contribution in [2.75, 3.05) is 6.54 Å². The van der Waals surface area contributed by atoms with Gasteiger partial charge in [0.05, 0.1) is 0 Å². The average molecular weight is 423 g/mol. The van der Waals surface area contributed by atoms with Crippen molar-refractivity contribution in [3.63, 3.8) is 0 Å². The highest BCUT2D eigenvalue weighted by molar-refractivity contribution is 14.1. The molecular formula is C16H30IN3O2. The zero-order valence-corrected chi connectivity index (χ0v) is 16.2. The van der Waals surface area contributed by atoms with E-state index in [0.29, 0.717) is 6.42 Å². The van der Waals surface area contributed by atoms with Crippen molar-refractivity contribution in [1.82, 2.24) is 5.43 Å². The molecule has 5 nitrogen and oxygen atoms in total. The smallest absolute Gasteiger partial charge is 0.332 e. The Morgan fingerprint density at radius 1 is 1.23 bits per heavy atom. The number of rotatable bonds is 6. The molecule has 1 aromatic rings. The van der Waals surface area contributed by atoms with Crippen LogP contribution in [0.3, 0.4) is 0 Å². The van der Waals surface area contributed by atoms with Crippen LogP contribution in [0.4, 0.5) is 0 Å². The number of carbonyl (C=O) groups is 1. The summed E-state index contributed by atoms with van der Waals surface area (Å²) in [5.74, 6) is 4.80. The number of nitrogens with one attached hydrogen (secondary N) is 1. The summed E-state index contributed by atoms with van der Waals surface area (Å²) in [4.78, 5) is 11.1. The summed E-state index contributed by atoms with van der Waals surface area (Å²) in [6, 6.07) is 7.34. The molecule has 0 aromatic heterocycles. The van der Waals surface area contributed by atoms with E-state index in [1.54, 1.807) is 23.0 Å². The zero-order valence-electron chi connectivity index (χ0n) is 14.1. The number of carbonyl (C=O) groups excluding carboxylic acids is 1. The second-order valence-corrected chi connectivity index (χ2v) is 4.87. The van der Waals surface area contributed by atoms with Gasteiger partial charge in [-0.1, -0.05) is 58.4 Å². The lowest BCUT2D eigenvalue weighted by molar-refractivity contribution is -0.132. The van der Waals surface area contributed by atoms with Crippen molar-refractivity contribution in [3.8, 4) is 0 Å². The van der Waals surface area contributed by atoms with Crippen LogP contribution in [0.2, 0.25) is 0 Å². The molecule has 0 saturated carbocycles. The Morgan fingerprint density at radius 2 is 1.68 bits per heavy atom. The summed E-state index contributed by atoms with van der Waals surface area (Å²) in [6.45, 7) is 8.99. The lowest BCUT2D eigenvalue weighted by atomic mass is 10.0. The summed E-state index contributed by atoms with van der Waals surface area (Å²) in [5.41, 5.74) is 10.5. The normalized spacial score (nSPS) is 10.5. The molecule has 1 rings (SSSR count). The van der Waals surface area contributed by atoms with Crippen molar-refractivity contribution >= 4 is 29.0 Å². The lowest BCUT2D eigenvalue weighted by Crippen LogP contribution is -2.32. The van der Waals surface area contributed by atoms with Gasteiger partial charge in [0, 0.05) is 6.54 Å². The van der Waals surface area contributed by atoms with Gasteiger partial charge in [-0.05, 0) is 24.0 Å². The number of nitrogens with two attached hydrogens (primary N) is 2. The highest BCUT2D eigenvalue weighted by Crippen LogP contribution is 2.08. The van der Waals surface area contributed by atoms with Gasteiger partial charge in [0.2, 0.25) is 0 Å². The number of benzene rings is 1. The largest absolute Gasteiger partial charge is 0.393 e. The molecular weight excluding hydrogens is 393 g/mol. The van der Waals surface area contributed by atoms with E-state index in [0.717, 1.165) is 18.5 Å². The van der Waals surface area contributed by atoms with E-state index in [2.05, 4.69) is 22.3 Å². The molecule has 5 N–H and O–H groups in total. The van der Waals surface area contributed by atoms with Crippen molar-refractivity contribution in [1.29, 1.82) is 0 Å². The molecule has 22 heavy (non-hydrogen) atoms. The van der Waals surface area contributed by atoms with Gasteiger partial charge in [0.15, 0.2) is 23.0 Å². The first-order valence-electron chi connectivity index (χ1n) is 7.68. The van der Waals surface area contributed by atoms with Gasteiger partial charge in [-0.25, -0.2) is 4.79 Å². The number of hydrazine groups is 1. The fourth-order valence-electron chi connectivity index (χ4n) is 1.45. The van der Waals surface area contributed by atoms with Crippen LogP contribution in [0.1, 0.15) is 45.2 Å². The predicted octanol–water partition coefficient (Wildman–Crippen LogP) is 2.90. The van der Waals surface area contributed by atoms with Crippen LogP contribution in [0, 0.1) is 0 Å². The highest BCUT2D eigenvalue weighted by atomic mass is 127. The molecule has 0 spiro atoms. The Hall–Kier alpha value is -0.700. The molecule has 0 aliphatic heterocycles. The molecule has 0 saturated heterocycles. The summed E-state index contributed by atoms with van der Waals surface area (Å²) in [6.07, 6.45) is 2.61. The minimum atomic E-state index is -0.608. The SMILES string of the molecule is CC.CCC.NNCCc1ccc(CC(N)C(=O)OI)cc1. The first-order valence-corrected chi connectivity index (χ1v) is 8.56. The third kappa shape index (κ3) is 11.9. The van der Waals surface area contributed by atoms with Crippen LogP contribution in [-0.2, 0) is 20.7 Å². The van der Waals surface area contributed by atoms with Crippen molar-refractivity contribution in [3.05, 3.63) is 35.4 Å². The fourth-order valence-corrected chi connectivity index (χ4v) is 1.78. The first kappa shape index (κ1) is 23.6. The molecule has 1 atom stereocenters. The standard InChI is InChI=1S/C11H16IN3O2.C3H8.C2H6/c12-17-11(16)10(13)7-9-3-1-8(2-4-9)5-6-15-14;1-3-2;1-2/h1-4,10,15H,5-7,13-14H2;3H2,1-2H3;1-2H3. The molecule has 0 aliphatic carbocycles. The molecule has 0 bridgehead atoms. The zero-order chi connectivity index (χ0) is 17.4. The molecule has 128 valence electrons. The summed E-state index contributed by atoms with van der Waals surface area (Å²) in [5, 5.41) is 0. The molecule has 6 heteroatoms. The Balaban J connectivity index is 0. The average Bonchev–Trinajstić information content (AvgIpc) is 2.56. The lowest BCUT2D eigenvalue weighted by Gasteiger charge is -2.08. The van der Waals surface area contributed by atoms with Gasteiger partial charge in [0.1, 0.15) is 6.04 Å². The van der Waals surface area contributed by atoms with E-state index >= 15 is 0 Å². The van der Waals surface area contributed by atoms with E-state index in [1.807, 2.05) is 38.1 Å².